The zero-order chi connectivity index (χ0) is 16.1. The van der Waals surface area contributed by atoms with E-state index < -0.39 is 15.9 Å². The summed E-state index contributed by atoms with van der Waals surface area (Å²) >= 11 is 0. The molecule has 21 heavy (non-hydrogen) atoms. The van der Waals surface area contributed by atoms with Crippen LogP contribution in [0.1, 0.15) is 52.4 Å². The first-order valence-electron chi connectivity index (χ1n) is 7.83. The van der Waals surface area contributed by atoms with Crippen LogP contribution in [0.25, 0.3) is 0 Å². The zero-order valence-corrected chi connectivity index (χ0v) is 14.3. The van der Waals surface area contributed by atoms with Crippen molar-refractivity contribution in [1.29, 1.82) is 0 Å². The third-order valence-electron chi connectivity index (χ3n) is 4.56. The molecule has 1 amide bonds. The summed E-state index contributed by atoms with van der Waals surface area (Å²) in [6, 6.07) is -0.748. The summed E-state index contributed by atoms with van der Waals surface area (Å²) in [6.07, 6.45) is 7.64. The van der Waals surface area contributed by atoms with Gasteiger partial charge in [0.2, 0.25) is 5.91 Å². The van der Waals surface area contributed by atoms with Gasteiger partial charge in [0, 0.05) is 12.8 Å². The fourth-order valence-corrected chi connectivity index (χ4v) is 3.63. The van der Waals surface area contributed by atoms with Crippen LogP contribution < -0.4 is 11.1 Å². The molecule has 6 heteroatoms. The molecule has 3 N–H and O–H groups in total. The fourth-order valence-electron chi connectivity index (χ4n) is 2.95. The standard InChI is InChI=1S/C15H30N2O3S/c1-15(2,12-7-5-4-6-8-12)11-17-14(18)13(16)9-10-21(3,19)20/h12-13H,4-11,16H2,1-3H3,(H,17,18). The second-order valence-electron chi connectivity index (χ2n) is 7.07. The van der Waals surface area contributed by atoms with Crippen LogP contribution in [0.4, 0.5) is 0 Å². The van der Waals surface area contributed by atoms with E-state index in [-0.39, 0.29) is 23.5 Å². The quantitative estimate of drug-likeness (QED) is 0.744. The van der Waals surface area contributed by atoms with Crippen molar-refractivity contribution in [2.45, 2.75) is 58.4 Å². The Labute approximate surface area is 129 Å². The van der Waals surface area contributed by atoms with Crippen LogP contribution >= 0.6 is 0 Å². The summed E-state index contributed by atoms with van der Waals surface area (Å²) in [4.78, 5) is 12.0. The van der Waals surface area contributed by atoms with E-state index in [1.54, 1.807) is 0 Å². The topological polar surface area (TPSA) is 89.3 Å². The SMILES string of the molecule is CC(C)(CNC(=O)C(N)CCS(C)(=O)=O)C1CCCCC1. The molecule has 124 valence electrons. The summed E-state index contributed by atoms with van der Waals surface area (Å²) < 4.78 is 22.2. The lowest BCUT2D eigenvalue weighted by molar-refractivity contribution is -0.123. The highest BCUT2D eigenvalue weighted by Gasteiger charge is 2.31. The Morgan fingerprint density at radius 2 is 1.86 bits per heavy atom. The van der Waals surface area contributed by atoms with Gasteiger partial charge in [-0.3, -0.25) is 4.79 Å². The third kappa shape index (κ3) is 6.78. The summed E-state index contributed by atoms with van der Waals surface area (Å²) in [6.45, 7) is 4.97. The number of amides is 1. The van der Waals surface area contributed by atoms with Gasteiger partial charge in [0.05, 0.1) is 11.8 Å². The Hall–Kier alpha value is -0.620. The maximum atomic E-state index is 12.0. The minimum atomic E-state index is -3.07. The molecule has 1 aliphatic carbocycles. The second-order valence-corrected chi connectivity index (χ2v) is 9.33. The van der Waals surface area contributed by atoms with Crippen LogP contribution in [-0.4, -0.2) is 38.9 Å². The number of carbonyl (C=O) groups is 1. The molecule has 0 saturated heterocycles. The largest absolute Gasteiger partial charge is 0.354 e. The van der Waals surface area contributed by atoms with Gasteiger partial charge in [-0.15, -0.1) is 0 Å². The van der Waals surface area contributed by atoms with Gasteiger partial charge in [0.25, 0.3) is 0 Å². The Balaban J connectivity index is 2.40. The normalized spacial score (nSPS) is 19.2. The molecular weight excluding hydrogens is 288 g/mol. The van der Waals surface area contributed by atoms with Gasteiger partial charge in [-0.1, -0.05) is 33.1 Å². The molecule has 5 nitrogen and oxygen atoms in total. The molecule has 0 aliphatic heterocycles. The number of carbonyl (C=O) groups excluding carboxylic acids is 1. The molecular formula is C15H30N2O3S. The average molecular weight is 318 g/mol. The lowest BCUT2D eigenvalue weighted by Crippen LogP contribution is -2.46. The Bertz CT molecular complexity index is 440. The Kier molecular flexibility index (Phi) is 6.66. The summed E-state index contributed by atoms with van der Waals surface area (Å²) in [5.41, 5.74) is 5.82. The minimum Gasteiger partial charge on any atom is -0.354 e. The van der Waals surface area contributed by atoms with Crippen LogP contribution in [0.15, 0.2) is 0 Å². The first-order valence-corrected chi connectivity index (χ1v) is 9.89. The fraction of sp³-hybridized carbons (Fsp3) is 0.933. The van der Waals surface area contributed by atoms with Crippen molar-refractivity contribution in [3.63, 3.8) is 0 Å². The van der Waals surface area contributed by atoms with E-state index in [2.05, 4.69) is 19.2 Å². The molecule has 0 aromatic rings. The predicted molar refractivity (Wildman–Crippen MR) is 85.7 cm³/mol. The smallest absolute Gasteiger partial charge is 0.236 e. The zero-order valence-electron chi connectivity index (χ0n) is 13.5. The highest BCUT2D eigenvalue weighted by molar-refractivity contribution is 7.90. The van der Waals surface area contributed by atoms with Crippen LogP contribution in [0.5, 0.6) is 0 Å². The van der Waals surface area contributed by atoms with E-state index in [1.807, 2.05) is 0 Å². The third-order valence-corrected chi connectivity index (χ3v) is 5.54. The first-order chi connectivity index (χ1) is 9.62. The van der Waals surface area contributed by atoms with Crippen molar-refractivity contribution < 1.29 is 13.2 Å². The number of nitrogens with two attached hydrogens (primary N) is 1. The second kappa shape index (κ2) is 7.58. The van der Waals surface area contributed by atoms with Gasteiger partial charge >= 0.3 is 0 Å². The van der Waals surface area contributed by atoms with Gasteiger partial charge in [-0.2, -0.15) is 0 Å². The molecule has 0 heterocycles. The van der Waals surface area contributed by atoms with Crippen LogP contribution in [0, 0.1) is 11.3 Å². The van der Waals surface area contributed by atoms with E-state index in [0.717, 1.165) is 6.26 Å². The lowest BCUT2D eigenvalue weighted by atomic mass is 9.71. The van der Waals surface area contributed by atoms with Gasteiger partial charge < -0.3 is 11.1 Å². The van der Waals surface area contributed by atoms with E-state index >= 15 is 0 Å². The van der Waals surface area contributed by atoms with Gasteiger partial charge in [-0.05, 0) is 30.6 Å². The molecule has 1 aliphatic rings. The van der Waals surface area contributed by atoms with Crippen LogP contribution in [-0.2, 0) is 14.6 Å². The molecule has 0 aromatic carbocycles. The highest BCUT2D eigenvalue weighted by Crippen LogP contribution is 2.37. The number of rotatable bonds is 7. The lowest BCUT2D eigenvalue weighted by Gasteiger charge is -2.37. The summed E-state index contributed by atoms with van der Waals surface area (Å²) in [5, 5.41) is 2.90. The van der Waals surface area contributed by atoms with Gasteiger partial charge in [-0.25, -0.2) is 8.42 Å². The molecule has 0 spiro atoms. The molecule has 0 radical (unpaired) electrons. The van der Waals surface area contributed by atoms with E-state index in [4.69, 9.17) is 5.73 Å². The maximum absolute atomic E-state index is 12.0. The van der Waals surface area contributed by atoms with Crippen molar-refractivity contribution in [3.05, 3.63) is 0 Å². The predicted octanol–water partition coefficient (Wildman–Crippen LogP) is 1.47. The number of hydrogen-bond acceptors (Lipinski definition) is 4. The van der Waals surface area contributed by atoms with Crippen molar-refractivity contribution in [1.82, 2.24) is 5.32 Å². The van der Waals surface area contributed by atoms with Crippen LogP contribution in [0.3, 0.4) is 0 Å². The average Bonchev–Trinajstić information content (AvgIpc) is 2.42. The van der Waals surface area contributed by atoms with Crippen molar-refractivity contribution in [2.24, 2.45) is 17.1 Å². The van der Waals surface area contributed by atoms with Crippen molar-refractivity contribution in [3.8, 4) is 0 Å². The number of nitrogens with one attached hydrogen (secondary N) is 1. The molecule has 1 saturated carbocycles. The molecule has 1 atom stereocenters. The molecule has 1 unspecified atom stereocenters. The van der Waals surface area contributed by atoms with E-state index in [0.29, 0.717) is 12.5 Å². The highest BCUT2D eigenvalue weighted by atomic mass is 32.2. The van der Waals surface area contributed by atoms with Gasteiger partial charge in [0.1, 0.15) is 9.84 Å². The van der Waals surface area contributed by atoms with E-state index in [9.17, 15) is 13.2 Å². The maximum Gasteiger partial charge on any atom is 0.236 e. The summed E-state index contributed by atoms with van der Waals surface area (Å²) in [7, 11) is -3.07. The van der Waals surface area contributed by atoms with Crippen molar-refractivity contribution in [2.75, 3.05) is 18.6 Å². The first kappa shape index (κ1) is 18.4. The van der Waals surface area contributed by atoms with Crippen LogP contribution in [0.2, 0.25) is 0 Å². The Morgan fingerprint density at radius 3 is 2.38 bits per heavy atom. The molecule has 0 bridgehead atoms. The Morgan fingerprint density at radius 1 is 1.29 bits per heavy atom. The molecule has 0 aromatic heterocycles. The van der Waals surface area contributed by atoms with Gasteiger partial charge in [0.15, 0.2) is 0 Å². The number of hydrogen-bond donors (Lipinski definition) is 2. The monoisotopic (exact) mass is 318 g/mol. The summed E-state index contributed by atoms with van der Waals surface area (Å²) in [5.74, 6) is 0.342. The number of sulfone groups is 1. The van der Waals surface area contributed by atoms with E-state index in [1.165, 1.54) is 32.1 Å². The minimum absolute atomic E-state index is 0.0480. The molecule has 1 fully saturated rings. The van der Waals surface area contributed by atoms with Crippen molar-refractivity contribution >= 4 is 15.7 Å². The molecule has 1 rings (SSSR count).